The van der Waals surface area contributed by atoms with Crippen molar-refractivity contribution in [2.75, 3.05) is 13.1 Å². The number of benzene rings is 2. The quantitative estimate of drug-likeness (QED) is 0.740. The summed E-state index contributed by atoms with van der Waals surface area (Å²) in [6.45, 7) is 12.2. The molecule has 0 unspecified atom stereocenters. The molecule has 0 aliphatic carbocycles. The molecule has 2 saturated heterocycles. The van der Waals surface area contributed by atoms with Gasteiger partial charge in [-0.2, -0.15) is 0 Å². The van der Waals surface area contributed by atoms with E-state index in [0.29, 0.717) is 5.92 Å². The summed E-state index contributed by atoms with van der Waals surface area (Å²) in [5.41, 5.74) is 0.971. The van der Waals surface area contributed by atoms with E-state index >= 15 is 0 Å². The molecule has 0 N–H and O–H groups in total. The third kappa shape index (κ3) is 3.25. The monoisotopic (exact) mass is 379 g/mol. The summed E-state index contributed by atoms with van der Waals surface area (Å²) in [7, 11) is -0.435. The SMILES string of the molecule is CC1CCN(C(=O)c2cccc3c(B4OC(C)(C)C(C)(C)O4)cccc23)CC1. The lowest BCUT2D eigenvalue weighted by molar-refractivity contribution is 0.00578. The number of hydrogen-bond donors (Lipinski definition) is 0. The zero-order valence-corrected chi connectivity index (χ0v) is 17.6. The third-order valence-corrected chi connectivity index (χ3v) is 6.76. The number of piperidine rings is 1. The summed E-state index contributed by atoms with van der Waals surface area (Å²) in [5, 5.41) is 2.00. The number of carbonyl (C=O) groups excluding carboxylic acids is 1. The molecule has 0 saturated carbocycles. The van der Waals surface area contributed by atoms with Gasteiger partial charge in [-0.3, -0.25) is 4.79 Å². The fourth-order valence-corrected chi connectivity index (χ4v) is 4.08. The van der Waals surface area contributed by atoms with Gasteiger partial charge in [-0.15, -0.1) is 0 Å². The van der Waals surface area contributed by atoms with E-state index in [1.807, 2.05) is 35.2 Å². The number of amides is 1. The standard InChI is InChI=1S/C23H30BNO3/c1-16-12-14-25(15-13-16)21(26)19-10-6-9-18-17(19)8-7-11-20(18)24-27-22(2,3)23(4,5)28-24/h6-11,16H,12-15H2,1-5H3. The fraction of sp³-hybridized carbons (Fsp3) is 0.522. The Hall–Kier alpha value is -1.85. The normalized spacial score (nSPS) is 22.0. The first-order valence-corrected chi connectivity index (χ1v) is 10.4. The molecule has 2 heterocycles. The van der Waals surface area contributed by atoms with Gasteiger partial charge in [0.1, 0.15) is 0 Å². The molecule has 0 spiro atoms. The highest BCUT2D eigenvalue weighted by Gasteiger charge is 2.52. The van der Waals surface area contributed by atoms with E-state index in [2.05, 4.69) is 40.7 Å². The van der Waals surface area contributed by atoms with Gasteiger partial charge in [0.15, 0.2) is 0 Å². The number of rotatable bonds is 2. The predicted octanol–water partition coefficient (Wildman–Crippen LogP) is 4.01. The lowest BCUT2D eigenvalue weighted by Gasteiger charge is -2.32. The molecule has 2 aliphatic heterocycles. The zero-order valence-electron chi connectivity index (χ0n) is 17.6. The van der Waals surface area contributed by atoms with Crippen LogP contribution in [0.15, 0.2) is 36.4 Å². The molecule has 2 fully saturated rings. The highest BCUT2D eigenvalue weighted by atomic mass is 16.7. The van der Waals surface area contributed by atoms with E-state index in [1.165, 1.54) is 0 Å². The first-order valence-electron chi connectivity index (χ1n) is 10.4. The van der Waals surface area contributed by atoms with Gasteiger partial charge in [-0.05, 0) is 68.8 Å². The van der Waals surface area contributed by atoms with E-state index in [4.69, 9.17) is 9.31 Å². The molecule has 0 aromatic heterocycles. The smallest absolute Gasteiger partial charge is 0.399 e. The molecule has 0 radical (unpaired) electrons. The molecule has 148 valence electrons. The Balaban J connectivity index is 1.71. The maximum atomic E-state index is 13.2. The molecule has 5 heteroatoms. The summed E-state index contributed by atoms with van der Waals surface area (Å²) in [5.74, 6) is 0.829. The number of fused-ring (bicyclic) bond motifs is 1. The van der Waals surface area contributed by atoms with Crippen molar-refractivity contribution < 1.29 is 14.1 Å². The van der Waals surface area contributed by atoms with Crippen LogP contribution in [0.5, 0.6) is 0 Å². The highest BCUT2D eigenvalue weighted by Crippen LogP contribution is 2.37. The van der Waals surface area contributed by atoms with Crippen molar-refractivity contribution in [2.24, 2.45) is 5.92 Å². The summed E-state index contributed by atoms with van der Waals surface area (Å²) in [6.07, 6.45) is 2.16. The lowest BCUT2D eigenvalue weighted by Crippen LogP contribution is -2.41. The van der Waals surface area contributed by atoms with Crippen molar-refractivity contribution in [2.45, 2.75) is 58.7 Å². The Bertz CT molecular complexity index is 884. The second-order valence-electron chi connectivity index (χ2n) is 9.31. The van der Waals surface area contributed by atoms with Crippen LogP contribution in [0.1, 0.15) is 57.8 Å². The molecule has 2 aromatic rings. The van der Waals surface area contributed by atoms with Gasteiger partial charge in [0.25, 0.3) is 5.91 Å². The molecule has 4 nitrogen and oxygen atoms in total. The first-order chi connectivity index (χ1) is 13.2. The van der Waals surface area contributed by atoms with Gasteiger partial charge >= 0.3 is 7.12 Å². The topological polar surface area (TPSA) is 38.8 Å². The Morgan fingerprint density at radius 1 is 0.964 bits per heavy atom. The average Bonchev–Trinajstić information content (AvgIpc) is 2.88. The van der Waals surface area contributed by atoms with Gasteiger partial charge in [0, 0.05) is 18.7 Å². The lowest BCUT2D eigenvalue weighted by atomic mass is 9.75. The molecular formula is C23H30BNO3. The van der Waals surface area contributed by atoms with Crippen LogP contribution in [0.2, 0.25) is 0 Å². The minimum absolute atomic E-state index is 0.128. The van der Waals surface area contributed by atoms with Crippen LogP contribution < -0.4 is 5.46 Å². The molecular weight excluding hydrogens is 349 g/mol. The van der Waals surface area contributed by atoms with Crippen LogP contribution in [0.3, 0.4) is 0 Å². The summed E-state index contributed by atoms with van der Waals surface area (Å²) in [6, 6.07) is 12.0. The van der Waals surface area contributed by atoms with Crippen LogP contribution >= 0.6 is 0 Å². The highest BCUT2D eigenvalue weighted by molar-refractivity contribution is 6.65. The number of hydrogen-bond acceptors (Lipinski definition) is 3. The Morgan fingerprint density at radius 3 is 2.18 bits per heavy atom. The Kier molecular flexibility index (Phi) is 4.79. The number of likely N-dealkylation sites (tertiary alicyclic amines) is 1. The van der Waals surface area contributed by atoms with Crippen LogP contribution in [-0.2, 0) is 9.31 Å². The number of carbonyl (C=O) groups is 1. The molecule has 4 rings (SSSR count). The van der Waals surface area contributed by atoms with Gasteiger partial charge in [-0.25, -0.2) is 0 Å². The molecule has 0 bridgehead atoms. The Morgan fingerprint density at radius 2 is 1.54 bits per heavy atom. The minimum Gasteiger partial charge on any atom is -0.399 e. The van der Waals surface area contributed by atoms with E-state index in [9.17, 15) is 4.79 Å². The second-order valence-corrected chi connectivity index (χ2v) is 9.31. The van der Waals surface area contributed by atoms with E-state index in [-0.39, 0.29) is 5.91 Å². The molecule has 2 aromatic carbocycles. The van der Waals surface area contributed by atoms with E-state index in [1.54, 1.807) is 0 Å². The maximum Gasteiger partial charge on any atom is 0.495 e. The average molecular weight is 379 g/mol. The second kappa shape index (κ2) is 6.89. The van der Waals surface area contributed by atoms with Crippen molar-refractivity contribution in [3.05, 3.63) is 42.0 Å². The van der Waals surface area contributed by atoms with Crippen molar-refractivity contribution in [1.82, 2.24) is 4.90 Å². The number of nitrogens with zero attached hydrogens (tertiary/aromatic N) is 1. The predicted molar refractivity (Wildman–Crippen MR) is 114 cm³/mol. The minimum atomic E-state index is -0.435. The van der Waals surface area contributed by atoms with Gasteiger partial charge in [0.05, 0.1) is 11.2 Å². The van der Waals surface area contributed by atoms with Crippen LogP contribution in [0, 0.1) is 5.92 Å². The van der Waals surface area contributed by atoms with Crippen LogP contribution in [0.4, 0.5) is 0 Å². The summed E-state index contributed by atoms with van der Waals surface area (Å²) >= 11 is 0. The largest absolute Gasteiger partial charge is 0.495 e. The first kappa shape index (κ1) is 19.5. The summed E-state index contributed by atoms with van der Waals surface area (Å²) in [4.78, 5) is 15.2. The van der Waals surface area contributed by atoms with Crippen LogP contribution in [-0.4, -0.2) is 42.2 Å². The van der Waals surface area contributed by atoms with Crippen molar-refractivity contribution in [1.29, 1.82) is 0 Å². The van der Waals surface area contributed by atoms with Gasteiger partial charge in [0.2, 0.25) is 0 Å². The molecule has 0 atom stereocenters. The molecule has 28 heavy (non-hydrogen) atoms. The molecule has 1 amide bonds. The van der Waals surface area contributed by atoms with Crippen molar-refractivity contribution >= 4 is 29.3 Å². The zero-order chi connectivity index (χ0) is 20.1. The third-order valence-electron chi connectivity index (χ3n) is 6.76. The maximum absolute atomic E-state index is 13.2. The van der Waals surface area contributed by atoms with Crippen LogP contribution in [0.25, 0.3) is 10.8 Å². The van der Waals surface area contributed by atoms with E-state index in [0.717, 1.165) is 47.7 Å². The molecule has 2 aliphatic rings. The Labute approximate surface area is 168 Å². The fourth-order valence-electron chi connectivity index (χ4n) is 4.08. The van der Waals surface area contributed by atoms with E-state index < -0.39 is 18.3 Å². The van der Waals surface area contributed by atoms with Gasteiger partial charge in [-0.1, -0.05) is 37.3 Å². The summed E-state index contributed by atoms with van der Waals surface area (Å²) < 4.78 is 12.5. The van der Waals surface area contributed by atoms with Gasteiger partial charge < -0.3 is 14.2 Å². The van der Waals surface area contributed by atoms with Crippen molar-refractivity contribution in [3.63, 3.8) is 0 Å². The van der Waals surface area contributed by atoms with Crippen molar-refractivity contribution in [3.8, 4) is 0 Å².